The minimum atomic E-state index is 0.298. The Hall–Kier alpha value is -1.54. The van der Waals surface area contributed by atoms with Gasteiger partial charge in [-0.3, -0.25) is 4.98 Å². The van der Waals surface area contributed by atoms with Crippen molar-refractivity contribution in [1.82, 2.24) is 15.0 Å². The minimum Gasteiger partial charge on any atom is -0.252 e. The van der Waals surface area contributed by atoms with Crippen LogP contribution in [0.15, 0.2) is 23.1 Å². The first-order valence-corrected chi connectivity index (χ1v) is 4.27. The maximum absolute atomic E-state index is 8.73. The summed E-state index contributed by atoms with van der Waals surface area (Å²) in [6, 6.07) is 1.96. The van der Waals surface area contributed by atoms with Crippen LogP contribution in [0.4, 0.5) is 0 Å². The number of pyridine rings is 1. The zero-order valence-corrected chi connectivity index (χ0v) is 7.98. The third-order valence-electron chi connectivity index (χ3n) is 1.56. The average molecular weight is 235 g/mol. The SMILES string of the molecule is N#Cc1ncc(Br)c2nccnc12. The highest BCUT2D eigenvalue weighted by Crippen LogP contribution is 2.20. The molecule has 0 aliphatic heterocycles. The number of hydrogen-bond acceptors (Lipinski definition) is 4. The Labute approximate surface area is 82.4 Å². The summed E-state index contributed by atoms with van der Waals surface area (Å²) in [4.78, 5) is 12.0. The summed E-state index contributed by atoms with van der Waals surface area (Å²) >= 11 is 3.29. The second-order valence-corrected chi connectivity index (χ2v) is 3.17. The van der Waals surface area contributed by atoms with Crippen molar-refractivity contribution in [3.63, 3.8) is 0 Å². The number of nitrogens with zero attached hydrogens (tertiary/aromatic N) is 4. The number of halogens is 1. The molecule has 0 bridgehead atoms. The smallest absolute Gasteiger partial charge is 0.168 e. The molecule has 0 fully saturated rings. The van der Waals surface area contributed by atoms with Crippen LogP contribution in [0.2, 0.25) is 0 Å². The molecule has 0 atom stereocenters. The van der Waals surface area contributed by atoms with E-state index in [9.17, 15) is 0 Å². The van der Waals surface area contributed by atoms with Gasteiger partial charge in [0, 0.05) is 18.6 Å². The first-order chi connectivity index (χ1) is 6.33. The van der Waals surface area contributed by atoms with E-state index < -0.39 is 0 Å². The summed E-state index contributed by atoms with van der Waals surface area (Å²) in [6.45, 7) is 0. The first-order valence-electron chi connectivity index (χ1n) is 3.48. The van der Waals surface area contributed by atoms with Gasteiger partial charge in [-0.1, -0.05) is 0 Å². The summed E-state index contributed by atoms with van der Waals surface area (Å²) in [6.07, 6.45) is 4.67. The Morgan fingerprint density at radius 2 is 1.85 bits per heavy atom. The fourth-order valence-corrected chi connectivity index (χ4v) is 1.40. The predicted octanol–water partition coefficient (Wildman–Crippen LogP) is 1.66. The Bertz CT molecular complexity index is 503. The molecule has 4 nitrogen and oxygen atoms in total. The summed E-state index contributed by atoms with van der Waals surface area (Å²) in [5, 5.41) is 8.73. The lowest BCUT2D eigenvalue weighted by Crippen LogP contribution is -1.90. The summed E-state index contributed by atoms with van der Waals surface area (Å²) in [7, 11) is 0. The van der Waals surface area contributed by atoms with Gasteiger partial charge < -0.3 is 0 Å². The van der Waals surface area contributed by atoms with Crippen molar-refractivity contribution in [2.24, 2.45) is 0 Å². The van der Waals surface area contributed by atoms with Gasteiger partial charge in [0.05, 0.1) is 4.47 Å². The maximum Gasteiger partial charge on any atom is 0.168 e. The Kier molecular flexibility index (Phi) is 1.91. The lowest BCUT2D eigenvalue weighted by molar-refractivity contribution is 1.21. The molecule has 2 aromatic heterocycles. The molecule has 0 radical (unpaired) electrons. The van der Waals surface area contributed by atoms with Gasteiger partial charge in [-0.25, -0.2) is 9.97 Å². The van der Waals surface area contributed by atoms with Crippen LogP contribution < -0.4 is 0 Å². The number of rotatable bonds is 0. The zero-order valence-electron chi connectivity index (χ0n) is 6.40. The number of hydrogen-bond donors (Lipinski definition) is 0. The van der Waals surface area contributed by atoms with Crippen LogP contribution in [0, 0.1) is 11.3 Å². The van der Waals surface area contributed by atoms with E-state index in [4.69, 9.17) is 5.26 Å². The van der Waals surface area contributed by atoms with Gasteiger partial charge in [0.2, 0.25) is 0 Å². The van der Waals surface area contributed by atoms with Crippen LogP contribution >= 0.6 is 15.9 Å². The van der Waals surface area contributed by atoms with Crippen molar-refractivity contribution in [3.05, 3.63) is 28.8 Å². The summed E-state index contributed by atoms with van der Waals surface area (Å²) in [5.74, 6) is 0. The zero-order chi connectivity index (χ0) is 9.26. The molecule has 62 valence electrons. The van der Waals surface area contributed by atoms with Crippen molar-refractivity contribution < 1.29 is 0 Å². The molecular weight excluding hydrogens is 232 g/mol. The average Bonchev–Trinajstić information content (AvgIpc) is 2.19. The topological polar surface area (TPSA) is 62.5 Å². The van der Waals surface area contributed by atoms with Crippen LogP contribution in [0.25, 0.3) is 11.0 Å². The van der Waals surface area contributed by atoms with Crippen LogP contribution in [-0.2, 0) is 0 Å². The lowest BCUT2D eigenvalue weighted by atomic mass is 10.3. The molecule has 0 aliphatic rings. The second kappa shape index (κ2) is 3.07. The van der Waals surface area contributed by atoms with E-state index in [2.05, 4.69) is 30.9 Å². The molecule has 0 aromatic carbocycles. The molecule has 2 rings (SSSR count). The standard InChI is InChI=1S/C8H3BrN4/c9-5-4-13-6(3-10)8-7(5)11-1-2-12-8/h1-2,4H. The maximum atomic E-state index is 8.73. The van der Waals surface area contributed by atoms with E-state index in [1.807, 2.05) is 6.07 Å². The molecule has 2 aromatic rings. The molecule has 13 heavy (non-hydrogen) atoms. The quantitative estimate of drug-likeness (QED) is 0.696. The normalized spacial score (nSPS) is 9.85. The molecule has 0 aliphatic carbocycles. The molecule has 0 amide bonds. The van der Waals surface area contributed by atoms with Gasteiger partial charge in [0.1, 0.15) is 17.1 Å². The van der Waals surface area contributed by atoms with E-state index in [-0.39, 0.29) is 0 Å². The molecule has 0 spiro atoms. The van der Waals surface area contributed by atoms with Crippen molar-refractivity contribution in [1.29, 1.82) is 5.26 Å². The van der Waals surface area contributed by atoms with Crippen LogP contribution in [0.3, 0.4) is 0 Å². The monoisotopic (exact) mass is 234 g/mol. The molecule has 2 heterocycles. The van der Waals surface area contributed by atoms with Gasteiger partial charge in [-0.15, -0.1) is 0 Å². The number of fused-ring (bicyclic) bond motifs is 1. The van der Waals surface area contributed by atoms with Gasteiger partial charge in [-0.05, 0) is 15.9 Å². The highest BCUT2D eigenvalue weighted by Gasteiger charge is 2.06. The lowest BCUT2D eigenvalue weighted by Gasteiger charge is -1.98. The molecule has 0 saturated heterocycles. The fraction of sp³-hybridized carbons (Fsp3) is 0. The molecule has 0 N–H and O–H groups in total. The minimum absolute atomic E-state index is 0.298. The van der Waals surface area contributed by atoms with Gasteiger partial charge in [0.15, 0.2) is 5.69 Å². The highest BCUT2D eigenvalue weighted by molar-refractivity contribution is 9.10. The largest absolute Gasteiger partial charge is 0.252 e. The van der Waals surface area contributed by atoms with Crippen LogP contribution in [0.5, 0.6) is 0 Å². The van der Waals surface area contributed by atoms with E-state index in [1.165, 1.54) is 6.20 Å². The van der Waals surface area contributed by atoms with Crippen LogP contribution in [0.1, 0.15) is 5.69 Å². The Morgan fingerprint density at radius 3 is 2.54 bits per heavy atom. The van der Waals surface area contributed by atoms with E-state index in [0.29, 0.717) is 16.7 Å². The van der Waals surface area contributed by atoms with E-state index in [0.717, 1.165) is 4.47 Å². The van der Waals surface area contributed by atoms with Crippen molar-refractivity contribution in [2.45, 2.75) is 0 Å². The van der Waals surface area contributed by atoms with Gasteiger partial charge >= 0.3 is 0 Å². The van der Waals surface area contributed by atoms with Crippen molar-refractivity contribution >= 4 is 27.0 Å². The second-order valence-electron chi connectivity index (χ2n) is 2.32. The first kappa shape index (κ1) is 8.08. The number of aromatic nitrogens is 3. The van der Waals surface area contributed by atoms with Crippen LogP contribution in [-0.4, -0.2) is 15.0 Å². The third-order valence-corrected chi connectivity index (χ3v) is 2.14. The highest BCUT2D eigenvalue weighted by atomic mass is 79.9. The summed E-state index contributed by atoms with van der Waals surface area (Å²) in [5.41, 5.74) is 1.49. The van der Waals surface area contributed by atoms with Crippen molar-refractivity contribution in [2.75, 3.05) is 0 Å². The van der Waals surface area contributed by atoms with Gasteiger partial charge in [-0.2, -0.15) is 5.26 Å². The van der Waals surface area contributed by atoms with Gasteiger partial charge in [0.25, 0.3) is 0 Å². The molecular formula is C8H3BrN4. The van der Waals surface area contributed by atoms with Crippen molar-refractivity contribution in [3.8, 4) is 6.07 Å². The molecule has 0 saturated carbocycles. The molecule has 0 unspecified atom stereocenters. The Balaban J connectivity index is 2.95. The molecule has 5 heteroatoms. The van der Waals surface area contributed by atoms with E-state index >= 15 is 0 Å². The van der Waals surface area contributed by atoms with E-state index in [1.54, 1.807) is 12.4 Å². The number of nitriles is 1. The third kappa shape index (κ3) is 1.25. The fourth-order valence-electron chi connectivity index (χ4n) is 1.01. The Morgan fingerprint density at radius 1 is 1.15 bits per heavy atom. The summed E-state index contributed by atoms with van der Waals surface area (Å²) < 4.78 is 0.745. The predicted molar refractivity (Wildman–Crippen MR) is 49.7 cm³/mol.